The number of benzene rings is 3. The van der Waals surface area contributed by atoms with Crippen molar-refractivity contribution in [3.63, 3.8) is 0 Å². The highest BCUT2D eigenvalue weighted by atomic mass is 35.5. The predicted molar refractivity (Wildman–Crippen MR) is 188 cm³/mol. The summed E-state index contributed by atoms with van der Waals surface area (Å²) in [4.78, 5) is 54.8. The fourth-order valence-electron chi connectivity index (χ4n) is 8.75. The SMILES string of the molecule is COc1cc([C@H]2C3=CC[C@@H]4C(=O)N(c5ccc(N6CCOCC6)cc5)C(=O)[C@@H]4[C@@H]3C[C@@]3(Cl)C(=O)N(c4c(F)c(F)c(F)c(F)c4F)C(=O)[C@@]23Cl)cc(Cl)c1O. The summed E-state index contributed by atoms with van der Waals surface area (Å²) in [7, 11) is 1.19. The van der Waals surface area contributed by atoms with Crippen LogP contribution >= 0.6 is 34.8 Å². The number of rotatable bonds is 5. The first-order valence-electron chi connectivity index (χ1n) is 16.9. The van der Waals surface area contributed by atoms with Gasteiger partial charge in [-0.1, -0.05) is 23.3 Å². The number of methoxy groups -OCH3 is 1. The van der Waals surface area contributed by atoms with Crippen LogP contribution in [-0.4, -0.2) is 71.9 Å². The third-order valence-electron chi connectivity index (χ3n) is 11.3. The number of carbonyl (C=O) groups excluding carboxylic acids is 4. The molecule has 0 spiro atoms. The smallest absolute Gasteiger partial charge is 0.258 e. The Morgan fingerprint density at radius 1 is 0.818 bits per heavy atom. The van der Waals surface area contributed by atoms with Gasteiger partial charge in [0.05, 0.1) is 42.9 Å². The molecule has 1 N–H and O–H groups in total. The summed E-state index contributed by atoms with van der Waals surface area (Å²) in [6.45, 7) is 2.36. The van der Waals surface area contributed by atoms with E-state index in [1.54, 1.807) is 30.3 Å². The van der Waals surface area contributed by atoms with Gasteiger partial charge >= 0.3 is 0 Å². The first-order chi connectivity index (χ1) is 26.1. The van der Waals surface area contributed by atoms with E-state index in [9.17, 15) is 37.5 Å². The Balaban J connectivity index is 1.27. The van der Waals surface area contributed by atoms with Gasteiger partial charge in [-0.15, -0.1) is 23.2 Å². The zero-order valence-corrected chi connectivity index (χ0v) is 30.6. The number of ether oxygens (including phenoxy) is 2. The monoisotopic (exact) mass is 825 g/mol. The predicted octanol–water partition coefficient (Wildman–Crippen LogP) is 6.35. The molecule has 3 heterocycles. The van der Waals surface area contributed by atoms with E-state index in [-0.39, 0.29) is 38.9 Å². The summed E-state index contributed by atoms with van der Waals surface area (Å²) in [6, 6.07) is 9.15. The fourth-order valence-corrected chi connectivity index (χ4v) is 9.90. The van der Waals surface area contributed by atoms with Gasteiger partial charge in [-0.25, -0.2) is 26.9 Å². The van der Waals surface area contributed by atoms with Crippen molar-refractivity contribution in [2.24, 2.45) is 17.8 Å². The fraction of sp³-hybridized carbons (Fsp3) is 0.351. The van der Waals surface area contributed by atoms with E-state index in [1.165, 1.54) is 19.2 Å². The number of allylic oxidation sites excluding steroid dienone is 2. The van der Waals surface area contributed by atoms with Crippen LogP contribution in [0.3, 0.4) is 0 Å². The number of halogens is 8. The molecule has 8 rings (SSSR count). The standard InChI is InChI=1S/C37H27Cl3F5N3O7/c1-54-22-13-15(12-21(38)31(22)49)24-18-6-7-19-23(33(51)47(32(19)50)17-4-2-16(3-5-17)46-8-10-55-11-9-46)20(18)14-36(39)34(52)48(35(53)37(24,36)40)30-28(44)26(42)25(41)27(43)29(30)45/h2-6,12-13,19-20,23-24,49H,7-11,14H2,1H3/t19-,20+,23-,24-,36+,37-/m0/s1. The van der Waals surface area contributed by atoms with Crippen molar-refractivity contribution in [3.05, 3.63) is 87.7 Å². The Labute approximate surface area is 323 Å². The van der Waals surface area contributed by atoms with Crippen LogP contribution in [0.4, 0.5) is 39.0 Å². The van der Waals surface area contributed by atoms with Crippen molar-refractivity contribution in [2.75, 3.05) is 48.1 Å². The lowest BCUT2D eigenvalue weighted by molar-refractivity contribution is -0.125. The van der Waals surface area contributed by atoms with Gasteiger partial charge in [0, 0.05) is 24.7 Å². The van der Waals surface area contributed by atoms with Crippen molar-refractivity contribution in [1.29, 1.82) is 0 Å². The second kappa shape index (κ2) is 13.1. The average molecular weight is 827 g/mol. The number of hydrogen-bond donors (Lipinski definition) is 1. The molecule has 18 heteroatoms. The highest BCUT2D eigenvalue weighted by molar-refractivity contribution is 6.58. The molecule has 1 saturated carbocycles. The maximum Gasteiger partial charge on any atom is 0.258 e. The molecule has 288 valence electrons. The zero-order chi connectivity index (χ0) is 39.5. The van der Waals surface area contributed by atoms with E-state index >= 15 is 8.78 Å². The molecule has 0 radical (unpaired) electrons. The number of phenolic OH excluding ortho intramolecular Hbond substituents is 1. The van der Waals surface area contributed by atoms with Crippen LogP contribution in [0.5, 0.6) is 11.5 Å². The summed E-state index contributed by atoms with van der Waals surface area (Å²) in [5.74, 6) is -22.6. The molecular weight excluding hydrogens is 800 g/mol. The molecule has 55 heavy (non-hydrogen) atoms. The molecule has 10 nitrogen and oxygen atoms in total. The first kappa shape index (κ1) is 37.5. The largest absolute Gasteiger partial charge is 0.503 e. The Kier molecular flexibility index (Phi) is 8.91. The molecule has 3 aromatic carbocycles. The summed E-state index contributed by atoms with van der Waals surface area (Å²) < 4.78 is 84.5. The molecule has 3 saturated heterocycles. The van der Waals surface area contributed by atoms with E-state index < -0.39 is 104 Å². The third kappa shape index (κ3) is 5.08. The van der Waals surface area contributed by atoms with Crippen LogP contribution in [-0.2, 0) is 23.9 Å². The third-order valence-corrected chi connectivity index (χ3v) is 13.0. The Hall–Kier alpha value is -4.44. The minimum absolute atomic E-state index is 0.0261. The van der Waals surface area contributed by atoms with Gasteiger partial charge in [-0.2, -0.15) is 0 Å². The van der Waals surface area contributed by atoms with Crippen LogP contribution in [0.1, 0.15) is 24.3 Å². The maximum atomic E-state index is 15.3. The molecule has 5 aliphatic rings. The molecule has 6 atom stereocenters. The van der Waals surface area contributed by atoms with Gasteiger partial charge in [0.15, 0.2) is 44.5 Å². The number of aromatic hydroxyl groups is 1. The molecule has 4 amide bonds. The first-order valence-corrected chi connectivity index (χ1v) is 18.1. The Morgan fingerprint density at radius 2 is 1.42 bits per heavy atom. The number of morpholine rings is 1. The summed E-state index contributed by atoms with van der Waals surface area (Å²) in [5.41, 5.74) is -0.600. The van der Waals surface area contributed by atoms with Crippen molar-refractivity contribution in [1.82, 2.24) is 0 Å². The molecule has 4 fully saturated rings. The van der Waals surface area contributed by atoms with Gasteiger partial charge in [-0.3, -0.25) is 24.1 Å². The van der Waals surface area contributed by atoms with Crippen LogP contribution in [0, 0.1) is 46.8 Å². The summed E-state index contributed by atoms with van der Waals surface area (Å²) >= 11 is 20.7. The Morgan fingerprint density at radius 3 is 2.04 bits per heavy atom. The number of hydrogen-bond acceptors (Lipinski definition) is 8. The molecular formula is C37H27Cl3F5N3O7. The number of phenols is 1. The van der Waals surface area contributed by atoms with E-state index in [2.05, 4.69) is 4.90 Å². The van der Waals surface area contributed by atoms with Gasteiger partial charge in [0.1, 0.15) is 5.69 Å². The van der Waals surface area contributed by atoms with E-state index in [0.29, 0.717) is 26.3 Å². The van der Waals surface area contributed by atoms with Crippen LogP contribution in [0.15, 0.2) is 48.0 Å². The lowest BCUT2D eigenvalue weighted by Gasteiger charge is -2.50. The van der Waals surface area contributed by atoms with E-state index in [4.69, 9.17) is 44.3 Å². The van der Waals surface area contributed by atoms with Crippen molar-refractivity contribution < 1.29 is 55.7 Å². The second-order valence-electron chi connectivity index (χ2n) is 13.9. The highest BCUT2D eigenvalue weighted by Crippen LogP contribution is 2.66. The molecule has 0 unspecified atom stereocenters. The van der Waals surface area contributed by atoms with Gasteiger partial charge in [-0.05, 0) is 60.7 Å². The summed E-state index contributed by atoms with van der Waals surface area (Å²) in [5, 5.41) is 10.2. The minimum atomic E-state index is -2.77. The number of fused-ring (bicyclic) bond motifs is 4. The number of nitrogens with zero attached hydrogens (tertiary/aromatic N) is 3. The number of carbonyl (C=O) groups is 4. The van der Waals surface area contributed by atoms with Gasteiger partial charge in [0.2, 0.25) is 17.6 Å². The van der Waals surface area contributed by atoms with Crippen LogP contribution in [0.2, 0.25) is 5.02 Å². The van der Waals surface area contributed by atoms with Crippen molar-refractivity contribution in [3.8, 4) is 11.5 Å². The highest BCUT2D eigenvalue weighted by Gasteiger charge is 2.77. The number of anilines is 3. The second-order valence-corrected chi connectivity index (χ2v) is 15.5. The van der Waals surface area contributed by atoms with Crippen LogP contribution < -0.4 is 19.4 Å². The average Bonchev–Trinajstić information content (AvgIpc) is 3.52. The summed E-state index contributed by atoms with van der Waals surface area (Å²) in [6.07, 6.45) is 0.817. The number of amides is 4. The maximum absolute atomic E-state index is 15.3. The number of imide groups is 2. The van der Waals surface area contributed by atoms with Gasteiger partial charge < -0.3 is 19.5 Å². The quantitative estimate of drug-likeness (QED) is 0.0791. The molecule has 2 aliphatic carbocycles. The topological polar surface area (TPSA) is 117 Å². The van der Waals surface area contributed by atoms with Crippen molar-refractivity contribution >= 4 is 75.5 Å². The molecule has 3 aliphatic heterocycles. The minimum Gasteiger partial charge on any atom is -0.503 e. The molecule has 0 aromatic heterocycles. The lowest BCUT2D eigenvalue weighted by Crippen LogP contribution is -2.60. The van der Waals surface area contributed by atoms with E-state index in [1.807, 2.05) is 0 Å². The number of alkyl halides is 2. The van der Waals surface area contributed by atoms with Crippen LogP contribution in [0.25, 0.3) is 0 Å². The van der Waals surface area contributed by atoms with Gasteiger partial charge in [0.25, 0.3) is 11.8 Å². The zero-order valence-electron chi connectivity index (χ0n) is 28.4. The van der Waals surface area contributed by atoms with Crippen molar-refractivity contribution in [2.45, 2.75) is 28.5 Å². The molecule has 3 aromatic rings. The Bertz CT molecular complexity index is 2230. The molecule has 0 bridgehead atoms. The van der Waals surface area contributed by atoms with E-state index in [0.717, 1.165) is 10.6 Å². The lowest BCUT2D eigenvalue weighted by atomic mass is 9.56. The normalized spacial score (nSPS) is 29.0.